The first-order valence-corrected chi connectivity index (χ1v) is 11.8. The van der Waals surface area contributed by atoms with E-state index in [1.807, 2.05) is 24.3 Å². The van der Waals surface area contributed by atoms with Gasteiger partial charge in [0.15, 0.2) is 0 Å². The summed E-state index contributed by atoms with van der Waals surface area (Å²) in [6, 6.07) is 16.2. The molecule has 1 saturated carbocycles. The predicted octanol–water partition coefficient (Wildman–Crippen LogP) is 5.04. The van der Waals surface area contributed by atoms with Gasteiger partial charge in [-0.05, 0) is 61.4 Å². The highest BCUT2D eigenvalue weighted by Gasteiger charge is 2.27. The topological polar surface area (TPSA) is 64.1 Å². The van der Waals surface area contributed by atoms with Gasteiger partial charge in [-0.3, -0.25) is 4.79 Å². The standard InChI is InChI=1S/C28H29N3O2/c1-18-7-11-20(12-8-18)23-15-16-24-26(23)28(33-22-5-3-4-6-22)31-25(30-24)17-19-9-13-21(14-10-19)27(32)29-2/h7-15,22H,3-6,16-17H2,1-2H3,(H,29,32). The van der Waals surface area contributed by atoms with E-state index in [0.29, 0.717) is 17.9 Å². The Morgan fingerprint density at radius 2 is 1.76 bits per heavy atom. The number of rotatable bonds is 6. The van der Waals surface area contributed by atoms with Crippen molar-refractivity contribution in [1.82, 2.24) is 15.3 Å². The second-order valence-electron chi connectivity index (χ2n) is 8.93. The number of hydrogen-bond donors (Lipinski definition) is 1. The van der Waals surface area contributed by atoms with Crippen LogP contribution in [0.2, 0.25) is 0 Å². The van der Waals surface area contributed by atoms with E-state index in [1.165, 1.54) is 29.5 Å². The normalized spacial score (nSPS) is 15.3. The molecular weight excluding hydrogens is 410 g/mol. The van der Waals surface area contributed by atoms with Crippen LogP contribution >= 0.6 is 0 Å². The molecule has 1 amide bonds. The molecule has 0 unspecified atom stereocenters. The summed E-state index contributed by atoms with van der Waals surface area (Å²) in [7, 11) is 1.64. The summed E-state index contributed by atoms with van der Waals surface area (Å²) in [4.78, 5) is 21.7. The van der Waals surface area contributed by atoms with E-state index >= 15 is 0 Å². The highest BCUT2D eigenvalue weighted by molar-refractivity contribution is 5.94. The highest BCUT2D eigenvalue weighted by atomic mass is 16.5. The molecule has 2 aromatic carbocycles. The summed E-state index contributed by atoms with van der Waals surface area (Å²) in [5.74, 6) is 1.39. The van der Waals surface area contributed by atoms with Crippen LogP contribution in [0.1, 0.15) is 69.8 Å². The summed E-state index contributed by atoms with van der Waals surface area (Å²) in [6.07, 6.45) is 8.44. The summed E-state index contributed by atoms with van der Waals surface area (Å²) in [5, 5.41) is 2.66. The fourth-order valence-electron chi connectivity index (χ4n) is 4.68. The van der Waals surface area contributed by atoms with Crippen LogP contribution in [0, 0.1) is 6.92 Å². The molecule has 3 aromatic rings. The number of amides is 1. The molecule has 0 radical (unpaired) electrons. The summed E-state index contributed by atoms with van der Waals surface area (Å²) >= 11 is 0. The van der Waals surface area contributed by atoms with Crippen molar-refractivity contribution in [3.63, 3.8) is 0 Å². The molecule has 2 aliphatic carbocycles. The van der Waals surface area contributed by atoms with Gasteiger partial charge in [0.2, 0.25) is 5.88 Å². The molecule has 0 atom stereocenters. The van der Waals surface area contributed by atoms with Gasteiger partial charge in [0.25, 0.3) is 5.91 Å². The van der Waals surface area contributed by atoms with Crippen molar-refractivity contribution in [2.75, 3.05) is 7.05 Å². The smallest absolute Gasteiger partial charge is 0.251 e. The first-order valence-electron chi connectivity index (χ1n) is 11.8. The quantitative estimate of drug-likeness (QED) is 0.584. The Labute approximate surface area is 194 Å². The number of fused-ring (bicyclic) bond motifs is 1. The van der Waals surface area contributed by atoms with Crippen LogP contribution in [0.4, 0.5) is 0 Å². The number of aromatic nitrogens is 2. The van der Waals surface area contributed by atoms with Crippen molar-refractivity contribution >= 4 is 11.5 Å². The van der Waals surface area contributed by atoms with Gasteiger partial charge in [0.1, 0.15) is 11.9 Å². The van der Waals surface area contributed by atoms with Crippen molar-refractivity contribution in [2.45, 2.75) is 51.6 Å². The van der Waals surface area contributed by atoms with Crippen LogP contribution in [-0.2, 0) is 12.8 Å². The predicted molar refractivity (Wildman–Crippen MR) is 130 cm³/mol. The lowest BCUT2D eigenvalue weighted by Gasteiger charge is -2.18. The molecule has 1 N–H and O–H groups in total. The van der Waals surface area contributed by atoms with Gasteiger partial charge < -0.3 is 10.1 Å². The number of ether oxygens (including phenoxy) is 1. The molecule has 2 aliphatic rings. The van der Waals surface area contributed by atoms with Crippen molar-refractivity contribution in [3.05, 3.63) is 93.9 Å². The van der Waals surface area contributed by atoms with Crippen LogP contribution in [0.15, 0.2) is 54.6 Å². The molecule has 0 saturated heterocycles. The van der Waals surface area contributed by atoms with Crippen molar-refractivity contribution < 1.29 is 9.53 Å². The van der Waals surface area contributed by atoms with Crippen LogP contribution < -0.4 is 10.1 Å². The van der Waals surface area contributed by atoms with E-state index in [4.69, 9.17) is 14.7 Å². The molecule has 5 heteroatoms. The molecule has 168 valence electrons. The molecule has 0 bridgehead atoms. The Hall–Kier alpha value is -3.47. The lowest BCUT2D eigenvalue weighted by atomic mass is 10.0. The van der Waals surface area contributed by atoms with Gasteiger partial charge in [0, 0.05) is 25.5 Å². The highest BCUT2D eigenvalue weighted by Crippen LogP contribution is 2.39. The van der Waals surface area contributed by atoms with Gasteiger partial charge in [-0.2, -0.15) is 4.98 Å². The second kappa shape index (κ2) is 9.18. The van der Waals surface area contributed by atoms with Crippen LogP contribution in [0.25, 0.3) is 5.57 Å². The van der Waals surface area contributed by atoms with Gasteiger partial charge in [-0.25, -0.2) is 4.98 Å². The van der Waals surface area contributed by atoms with Crippen LogP contribution in [-0.4, -0.2) is 29.0 Å². The third kappa shape index (κ3) is 4.54. The van der Waals surface area contributed by atoms with Gasteiger partial charge >= 0.3 is 0 Å². The first-order chi connectivity index (χ1) is 16.1. The zero-order valence-electron chi connectivity index (χ0n) is 19.2. The minimum atomic E-state index is -0.0858. The number of carbonyl (C=O) groups excluding carboxylic acids is 1. The van der Waals surface area contributed by atoms with Crippen molar-refractivity contribution in [3.8, 4) is 5.88 Å². The molecule has 5 nitrogen and oxygen atoms in total. The molecule has 1 fully saturated rings. The zero-order valence-corrected chi connectivity index (χ0v) is 19.2. The SMILES string of the molecule is CNC(=O)c1ccc(Cc2nc3c(c(OC4CCCC4)n2)C(c2ccc(C)cc2)=CC3)cc1. The Bertz CT molecular complexity index is 1190. The van der Waals surface area contributed by atoms with Crippen molar-refractivity contribution in [2.24, 2.45) is 0 Å². The number of carbonyl (C=O) groups is 1. The minimum Gasteiger partial charge on any atom is -0.474 e. The molecule has 0 aliphatic heterocycles. The lowest BCUT2D eigenvalue weighted by Crippen LogP contribution is -2.17. The average molecular weight is 440 g/mol. The van der Waals surface area contributed by atoms with Crippen LogP contribution in [0.3, 0.4) is 0 Å². The third-order valence-electron chi connectivity index (χ3n) is 6.51. The summed E-state index contributed by atoms with van der Waals surface area (Å²) in [5.41, 5.74) is 7.38. The van der Waals surface area contributed by atoms with E-state index in [-0.39, 0.29) is 12.0 Å². The first kappa shape index (κ1) is 21.4. The zero-order chi connectivity index (χ0) is 22.8. The second-order valence-corrected chi connectivity index (χ2v) is 8.93. The van der Waals surface area contributed by atoms with Crippen LogP contribution in [0.5, 0.6) is 5.88 Å². The van der Waals surface area contributed by atoms with Crippen molar-refractivity contribution in [1.29, 1.82) is 0 Å². The van der Waals surface area contributed by atoms with E-state index < -0.39 is 0 Å². The molecular formula is C28H29N3O2. The number of aryl methyl sites for hydroxylation is 1. The number of nitrogens with zero attached hydrogens (tertiary/aromatic N) is 2. The van der Waals surface area contributed by atoms with E-state index in [2.05, 4.69) is 42.6 Å². The van der Waals surface area contributed by atoms with E-state index in [9.17, 15) is 4.79 Å². The molecule has 0 spiro atoms. The monoisotopic (exact) mass is 439 g/mol. The summed E-state index contributed by atoms with van der Waals surface area (Å²) < 4.78 is 6.49. The Kier molecular flexibility index (Phi) is 5.95. The maximum Gasteiger partial charge on any atom is 0.251 e. The average Bonchev–Trinajstić information content (AvgIpc) is 3.50. The van der Waals surface area contributed by atoms with E-state index in [0.717, 1.165) is 41.9 Å². The van der Waals surface area contributed by atoms with Gasteiger partial charge in [0.05, 0.1) is 11.3 Å². The van der Waals surface area contributed by atoms with Gasteiger partial charge in [-0.15, -0.1) is 0 Å². The van der Waals surface area contributed by atoms with E-state index in [1.54, 1.807) is 7.05 Å². The number of nitrogens with one attached hydrogen (secondary N) is 1. The number of benzene rings is 2. The molecule has 5 rings (SSSR count). The molecule has 1 heterocycles. The Morgan fingerprint density at radius 3 is 2.45 bits per heavy atom. The number of hydrogen-bond acceptors (Lipinski definition) is 4. The van der Waals surface area contributed by atoms with Gasteiger partial charge in [-0.1, -0.05) is 48.0 Å². The largest absolute Gasteiger partial charge is 0.474 e. The Morgan fingerprint density at radius 1 is 1.03 bits per heavy atom. The molecule has 1 aromatic heterocycles. The number of allylic oxidation sites excluding steroid dienone is 1. The third-order valence-corrected chi connectivity index (χ3v) is 6.51. The minimum absolute atomic E-state index is 0.0858. The maximum atomic E-state index is 11.8. The fourth-order valence-corrected chi connectivity index (χ4v) is 4.68. The maximum absolute atomic E-state index is 11.8. The Balaban J connectivity index is 1.47. The summed E-state index contributed by atoms with van der Waals surface area (Å²) in [6.45, 7) is 2.10. The fraction of sp³-hybridized carbons (Fsp3) is 0.321. The molecule has 33 heavy (non-hydrogen) atoms. The lowest BCUT2D eigenvalue weighted by molar-refractivity contribution is 0.0963.